The van der Waals surface area contributed by atoms with Gasteiger partial charge in [0.05, 0.1) is 27.4 Å². The van der Waals surface area contributed by atoms with Gasteiger partial charge in [-0.2, -0.15) is 0 Å². The molecule has 1 aliphatic heterocycles. The van der Waals surface area contributed by atoms with Crippen molar-refractivity contribution in [3.05, 3.63) is 57.6 Å². The summed E-state index contributed by atoms with van der Waals surface area (Å²) < 4.78 is 16.3. The normalized spacial score (nSPS) is 17.1. The van der Waals surface area contributed by atoms with E-state index in [0.29, 0.717) is 46.8 Å². The minimum Gasteiger partial charge on any atom is -0.493 e. The van der Waals surface area contributed by atoms with Crippen LogP contribution in [0.25, 0.3) is 0 Å². The van der Waals surface area contributed by atoms with E-state index < -0.39 is 0 Å². The molecule has 0 aliphatic carbocycles. The molecule has 0 spiro atoms. The van der Waals surface area contributed by atoms with Crippen molar-refractivity contribution in [1.29, 1.82) is 0 Å². The van der Waals surface area contributed by atoms with Crippen molar-refractivity contribution < 1.29 is 19.0 Å². The van der Waals surface area contributed by atoms with E-state index in [0.717, 1.165) is 5.56 Å². The van der Waals surface area contributed by atoms with Crippen molar-refractivity contribution in [2.45, 2.75) is 6.10 Å². The average Bonchev–Trinajstić information content (AvgIpc) is 2.66. The molecule has 2 aromatic rings. The second kappa shape index (κ2) is 8.16. The molecular weight excluding hydrogens is 377 g/mol. The number of amides is 1. The summed E-state index contributed by atoms with van der Waals surface area (Å²) in [5.41, 5.74) is 1.39. The molecule has 0 aromatic heterocycles. The number of nitrogens with zero attached hydrogens (tertiary/aromatic N) is 1. The zero-order valence-corrected chi connectivity index (χ0v) is 16.0. The molecule has 0 saturated carbocycles. The van der Waals surface area contributed by atoms with E-state index in [1.807, 2.05) is 12.1 Å². The van der Waals surface area contributed by atoms with Crippen molar-refractivity contribution in [2.75, 3.05) is 33.9 Å². The van der Waals surface area contributed by atoms with E-state index in [1.54, 1.807) is 43.4 Å². The third kappa shape index (κ3) is 4.06. The maximum absolute atomic E-state index is 12.9. The van der Waals surface area contributed by atoms with Crippen LogP contribution >= 0.6 is 23.2 Å². The summed E-state index contributed by atoms with van der Waals surface area (Å²) in [6.45, 7) is 1.37. The monoisotopic (exact) mass is 395 g/mol. The molecule has 138 valence electrons. The quantitative estimate of drug-likeness (QED) is 0.777. The lowest BCUT2D eigenvalue weighted by Crippen LogP contribution is -2.42. The van der Waals surface area contributed by atoms with Crippen LogP contribution in [0, 0.1) is 0 Å². The Labute approximate surface area is 162 Å². The number of hydrogen-bond donors (Lipinski definition) is 0. The Morgan fingerprint density at radius 1 is 1.08 bits per heavy atom. The van der Waals surface area contributed by atoms with Gasteiger partial charge in [0.1, 0.15) is 6.10 Å². The summed E-state index contributed by atoms with van der Waals surface area (Å²) in [5.74, 6) is 1.01. The number of carbonyl (C=O) groups excluding carboxylic acids is 1. The first-order chi connectivity index (χ1) is 12.5. The maximum atomic E-state index is 12.9. The molecular formula is C19H19Cl2NO4. The molecule has 1 amide bonds. The topological polar surface area (TPSA) is 48.0 Å². The van der Waals surface area contributed by atoms with E-state index >= 15 is 0 Å². The average molecular weight is 396 g/mol. The third-order valence-corrected chi connectivity index (χ3v) is 4.68. The van der Waals surface area contributed by atoms with Crippen LogP contribution < -0.4 is 9.47 Å². The third-order valence-electron chi connectivity index (χ3n) is 4.24. The summed E-state index contributed by atoms with van der Waals surface area (Å²) in [6, 6.07) is 10.4. The van der Waals surface area contributed by atoms with Crippen LogP contribution in [-0.4, -0.2) is 44.7 Å². The second-order valence-electron chi connectivity index (χ2n) is 5.88. The number of rotatable bonds is 4. The summed E-state index contributed by atoms with van der Waals surface area (Å²) >= 11 is 12.2. The van der Waals surface area contributed by atoms with E-state index in [9.17, 15) is 4.79 Å². The fourth-order valence-electron chi connectivity index (χ4n) is 2.95. The first kappa shape index (κ1) is 18.8. The van der Waals surface area contributed by atoms with Crippen LogP contribution in [0.15, 0.2) is 36.4 Å². The van der Waals surface area contributed by atoms with Gasteiger partial charge in [0.15, 0.2) is 11.5 Å². The number of methoxy groups -OCH3 is 2. The standard InChI is InChI=1S/C19H19Cl2NO4/c1-24-16-4-3-12(9-17(16)25-2)19(23)22-5-6-26-18(11-22)13-7-14(20)10-15(21)8-13/h3-4,7-10,18H,5-6,11H2,1-2H3. The van der Waals surface area contributed by atoms with Gasteiger partial charge in [-0.25, -0.2) is 0 Å². The van der Waals surface area contributed by atoms with Gasteiger partial charge in [-0.05, 0) is 42.0 Å². The van der Waals surface area contributed by atoms with Gasteiger partial charge in [0.25, 0.3) is 5.91 Å². The molecule has 1 unspecified atom stereocenters. The summed E-state index contributed by atoms with van der Waals surface area (Å²) in [5, 5.41) is 1.08. The van der Waals surface area contributed by atoms with Gasteiger partial charge in [-0.15, -0.1) is 0 Å². The highest BCUT2D eigenvalue weighted by atomic mass is 35.5. The van der Waals surface area contributed by atoms with Gasteiger partial charge in [0, 0.05) is 22.2 Å². The van der Waals surface area contributed by atoms with Crippen molar-refractivity contribution in [2.24, 2.45) is 0 Å². The predicted octanol–water partition coefficient (Wildman–Crippen LogP) is 4.22. The first-order valence-electron chi connectivity index (χ1n) is 8.10. The lowest BCUT2D eigenvalue weighted by Gasteiger charge is -2.33. The van der Waals surface area contributed by atoms with Gasteiger partial charge >= 0.3 is 0 Å². The highest BCUT2D eigenvalue weighted by molar-refractivity contribution is 6.34. The SMILES string of the molecule is COc1ccc(C(=O)N2CCOC(c3cc(Cl)cc(Cl)c3)C2)cc1OC. The number of hydrogen-bond acceptors (Lipinski definition) is 4. The predicted molar refractivity (Wildman–Crippen MR) is 101 cm³/mol. The number of benzene rings is 2. The van der Waals surface area contributed by atoms with Crippen LogP contribution in [0.2, 0.25) is 10.0 Å². The molecule has 1 fully saturated rings. The Kier molecular flexibility index (Phi) is 5.91. The Hall–Kier alpha value is -1.95. The highest BCUT2D eigenvalue weighted by Crippen LogP contribution is 2.31. The number of halogens is 2. The summed E-state index contributed by atoms with van der Waals surface area (Å²) in [6.07, 6.45) is -0.274. The highest BCUT2D eigenvalue weighted by Gasteiger charge is 2.27. The molecule has 1 atom stereocenters. The van der Waals surface area contributed by atoms with Gasteiger partial charge in [0.2, 0.25) is 0 Å². The van der Waals surface area contributed by atoms with Crippen molar-refractivity contribution >= 4 is 29.1 Å². The Morgan fingerprint density at radius 2 is 1.77 bits per heavy atom. The number of ether oxygens (including phenoxy) is 3. The zero-order valence-electron chi connectivity index (χ0n) is 14.5. The lowest BCUT2D eigenvalue weighted by atomic mass is 10.1. The van der Waals surface area contributed by atoms with Gasteiger partial charge < -0.3 is 19.1 Å². The van der Waals surface area contributed by atoms with Crippen LogP contribution in [0.3, 0.4) is 0 Å². The molecule has 3 rings (SSSR count). The molecule has 1 heterocycles. The van der Waals surface area contributed by atoms with Gasteiger partial charge in [-0.1, -0.05) is 23.2 Å². The fraction of sp³-hybridized carbons (Fsp3) is 0.316. The Morgan fingerprint density at radius 3 is 2.42 bits per heavy atom. The zero-order chi connectivity index (χ0) is 18.7. The van der Waals surface area contributed by atoms with Crippen molar-refractivity contribution in [3.8, 4) is 11.5 Å². The fourth-order valence-corrected chi connectivity index (χ4v) is 3.49. The van der Waals surface area contributed by atoms with Crippen molar-refractivity contribution in [1.82, 2.24) is 4.90 Å². The second-order valence-corrected chi connectivity index (χ2v) is 6.76. The first-order valence-corrected chi connectivity index (χ1v) is 8.86. The number of carbonyl (C=O) groups is 1. The minimum absolute atomic E-state index is 0.0904. The Balaban J connectivity index is 1.80. The summed E-state index contributed by atoms with van der Waals surface area (Å²) in [4.78, 5) is 14.7. The summed E-state index contributed by atoms with van der Waals surface area (Å²) in [7, 11) is 3.10. The molecule has 26 heavy (non-hydrogen) atoms. The van der Waals surface area contributed by atoms with E-state index in [2.05, 4.69) is 0 Å². The molecule has 7 heteroatoms. The Bertz CT molecular complexity index is 792. The van der Waals surface area contributed by atoms with Crippen LogP contribution in [0.5, 0.6) is 11.5 Å². The van der Waals surface area contributed by atoms with E-state index in [-0.39, 0.29) is 12.0 Å². The van der Waals surface area contributed by atoms with Crippen LogP contribution in [0.4, 0.5) is 0 Å². The molecule has 0 N–H and O–H groups in total. The van der Waals surface area contributed by atoms with Crippen LogP contribution in [0.1, 0.15) is 22.0 Å². The molecule has 0 bridgehead atoms. The molecule has 0 radical (unpaired) electrons. The van der Waals surface area contributed by atoms with E-state index in [4.69, 9.17) is 37.4 Å². The van der Waals surface area contributed by atoms with E-state index in [1.165, 1.54) is 0 Å². The minimum atomic E-state index is -0.274. The lowest BCUT2D eigenvalue weighted by molar-refractivity contribution is -0.0228. The molecule has 5 nitrogen and oxygen atoms in total. The van der Waals surface area contributed by atoms with Crippen LogP contribution in [-0.2, 0) is 4.74 Å². The van der Waals surface area contributed by atoms with Crippen molar-refractivity contribution in [3.63, 3.8) is 0 Å². The molecule has 1 aliphatic rings. The maximum Gasteiger partial charge on any atom is 0.254 e. The van der Waals surface area contributed by atoms with Gasteiger partial charge in [-0.3, -0.25) is 4.79 Å². The number of morpholine rings is 1. The smallest absolute Gasteiger partial charge is 0.254 e. The molecule has 2 aromatic carbocycles. The molecule has 1 saturated heterocycles. The largest absolute Gasteiger partial charge is 0.493 e.